The van der Waals surface area contributed by atoms with Gasteiger partial charge in [-0.15, -0.1) is 0 Å². The number of rotatable bonds is 6. The van der Waals surface area contributed by atoms with E-state index in [1.807, 2.05) is 19.9 Å². The predicted molar refractivity (Wildman–Crippen MR) is 76.1 cm³/mol. The number of pyridine rings is 1. The summed E-state index contributed by atoms with van der Waals surface area (Å²) >= 11 is 0. The van der Waals surface area contributed by atoms with Crippen LogP contribution in [0.15, 0.2) is 18.3 Å². The Hall–Kier alpha value is -1.42. The van der Waals surface area contributed by atoms with E-state index in [9.17, 15) is 4.79 Å². The van der Waals surface area contributed by atoms with Gasteiger partial charge in [0.1, 0.15) is 0 Å². The summed E-state index contributed by atoms with van der Waals surface area (Å²) in [6.07, 6.45) is 2.18. The van der Waals surface area contributed by atoms with E-state index in [1.54, 1.807) is 12.3 Å². The minimum Gasteiger partial charge on any atom is -0.396 e. The maximum atomic E-state index is 12.1. The summed E-state index contributed by atoms with van der Waals surface area (Å²) in [4.78, 5) is 16.4. The largest absolute Gasteiger partial charge is 0.396 e. The van der Waals surface area contributed by atoms with E-state index >= 15 is 0 Å². The molecule has 1 amide bonds. The van der Waals surface area contributed by atoms with Gasteiger partial charge in [0, 0.05) is 24.5 Å². The minimum absolute atomic E-state index is 0.0118. The van der Waals surface area contributed by atoms with Gasteiger partial charge >= 0.3 is 0 Å². The standard InChI is InChI=1S/C15H24N2O2/c1-10(2)13-6-5-12(9-16-13)15(19)17-14(7-8-18)11(3)4/h5-6,9-11,14,18H,7-8H2,1-4H3,(H,17,19). The SMILES string of the molecule is CC(C)c1ccc(C(=O)NC(CCO)C(C)C)cn1. The number of nitrogens with one attached hydrogen (secondary N) is 1. The highest BCUT2D eigenvalue weighted by Gasteiger charge is 2.17. The molecule has 1 aromatic heterocycles. The maximum Gasteiger partial charge on any atom is 0.253 e. The van der Waals surface area contributed by atoms with Crippen LogP contribution in [0.4, 0.5) is 0 Å². The molecule has 0 saturated heterocycles. The van der Waals surface area contributed by atoms with Crippen molar-refractivity contribution in [2.24, 2.45) is 5.92 Å². The summed E-state index contributed by atoms with van der Waals surface area (Å²) in [5.74, 6) is 0.517. The predicted octanol–water partition coefficient (Wildman–Crippen LogP) is 2.34. The molecule has 4 nitrogen and oxygen atoms in total. The molecule has 19 heavy (non-hydrogen) atoms. The first-order valence-corrected chi connectivity index (χ1v) is 6.83. The molecule has 1 unspecified atom stereocenters. The van der Waals surface area contributed by atoms with E-state index < -0.39 is 0 Å². The average molecular weight is 264 g/mol. The van der Waals surface area contributed by atoms with Crippen molar-refractivity contribution in [3.63, 3.8) is 0 Å². The van der Waals surface area contributed by atoms with E-state index in [4.69, 9.17) is 5.11 Å². The van der Waals surface area contributed by atoms with Crippen LogP contribution in [0.2, 0.25) is 0 Å². The van der Waals surface area contributed by atoms with Crippen LogP contribution in [-0.2, 0) is 0 Å². The highest BCUT2D eigenvalue weighted by atomic mass is 16.3. The topological polar surface area (TPSA) is 62.2 Å². The second kappa shape index (κ2) is 7.24. The fraction of sp³-hybridized carbons (Fsp3) is 0.600. The van der Waals surface area contributed by atoms with Gasteiger partial charge in [-0.3, -0.25) is 9.78 Å². The Morgan fingerprint density at radius 2 is 2.00 bits per heavy atom. The number of carbonyl (C=O) groups excluding carboxylic acids is 1. The highest BCUT2D eigenvalue weighted by Crippen LogP contribution is 2.12. The summed E-state index contributed by atoms with van der Waals surface area (Å²) in [6.45, 7) is 8.27. The second-order valence-corrected chi connectivity index (χ2v) is 5.46. The van der Waals surface area contributed by atoms with Crippen LogP contribution in [0.3, 0.4) is 0 Å². The summed E-state index contributed by atoms with van der Waals surface area (Å²) < 4.78 is 0. The Morgan fingerprint density at radius 3 is 2.42 bits per heavy atom. The molecule has 0 aliphatic heterocycles. The van der Waals surface area contributed by atoms with Crippen molar-refractivity contribution in [2.75, 3.05) is 6.61 Å². The van der Waals surface area contributed by atoms with E-state index in [0.29, 0.717) is 23.8 Å². The molecule has 0 spiro atoms. The first-order chi connectivity index (χ1) is 8.95. The number of nitrogens with zero attached hydrogens (tertiary/aromatic N) is 1. The summed E-state index contributed by atoms with van der Waals surface area (Å²) in [7, 11) is 0. The fourth-order valence-corrected chi connectivity index (χ4v) is 1.84. The zero-order valence-electron chi connectivity index (χ0n) is 12.2. The van der Waals surface area contributed by atoms with E-state index in [-0.39, 0.29) is 18.6 Å². The fourth-order valence-electron chi connectivity index (χ4n) is 1.84. The lowest BCUT2D eigenvalue weighted by atomic mass is 10.0. The number of aliphatic hydroxyl groups excluding tert-OH is 1. The number of aliphatic hydroxyl groups is 1. The molecule has 1 rings (SSSR count). The van der Waals surface area contributed by atoms with Gasteiger partial charge in [-0.2, -0.15) is 0 Å². The summed E-state index contributed by atoms with van der Waals surface area (Å²) in [5.41, 5.74) is 1.54. The summed E-state index contributed by atoms with van der Waals surface area (Å²) in [6, 6.07) is 3.67. The molecule has 0 aromatic carbocycles. The molecule has 1 heterocycles. The number of carbonyl (C=O) groups is 1. The van der Waals surface area contributed by atoms with Crippen LogP contribution in [0, 0.1) is 5.92 Å². The maximum absolute atomic E-state index is 12.1. The molecular weight excluding hydrogens is 240 g/mol. The van der Waals surface area contributed by atoms with Crippen molar-refractivity contribution in [3.8, 4) is 0 Å². The van der Waals surface area contributed by atoms with Gasteiger partial charge in [-0.05, 0) is 30.4 Å². The molecule has 2 N–H and O–H groups in total. The number of hydrogen-bond acceptors (Lipinski definition) is 3. The normalized spacial score (nSPS) is 12.8. The monoisotopic (exact) mass is 264 g/mol. The van der Waals surface area contributed by atoms with E-state index in [2.05, 4.69) is 24.1 Å². The van der Waals surface area contributed by atoms with Crippen LogP contribution in [0.25, 0.3) is 0 Å². The van der Waals surface area contributed by atoms with Gasteiger partial charge in [-0.25, -0.2) is 0 Å². The lowest BCUT2D eigenvalue weighted by Gasteiger charge is -2.21. The van der Waals surface area contributed by atoms with Crippen LogP contribution < -0.4 is 5.32 Å². The molecular formula is C15H24N2O2. The Bertz CT molecular complexity index is 399. The highest BCUT2D eigenvalue weighted by molar-refractivity contribution is 5.94. The van der Waals surface area contributed by atoms with Gasteiger partial charge in [-0.1, -0.05) is 27.7 Å². The molecule has 0 saturated carbocycles. The third-order valence-electron chi connectivity index (χ3n) is 3.20. The lowest BCUT2D eigenvalue weighted by Crippen LogP contribution is -2.39. The van der Waals surface area contributed by atoms with Crippen molar-refractivity contribution in [1.29, 1.82) is 0 Å². The van der Waals surface area contributed by atoms with Gasteiger partial charge < -0.3 is 10.4 Å². The Morgan fingerprint density at radius 1 is 1.32 bits per heavy atom. The third-order valence-corrected chi connectivity index (χ3v) is 3.20. The first-order valence-electron chi connectivity index (χ1n) is 6.83. The smallest absolute Gasteiger partial charge is 0.253 e. The molecule has 0 radical (unpaired) electrons. The van der Waals surface area contributed by atoms with Crippen molar-refractivity contribution in [1.82, 2.24) is 10.3 Å². The molecule has 0 fully saturated rings. The summed E-state index contributed by atoms with van der Waals surface area (Å²) in [5, 5.41) is 11.9. The Balaban J connectivity index is 2.71. The zero-order valence-corrected chi connectivity index (χ0v) is 12.2. The minimum atomic E-state index is -0.130. The average Bonchev–Trinajstić information content (AvgIpc) is 2.38. The molecule has 4 heteroatoms. The van der Waals surface area contributed by atoms with Crippen molar-refractivity contribution >= 4 is 5.91 Å². The quantitative estimate of drug-likeness (QED) is 0.829. The van der Waals surface area contributed by atoms with Gasteiger partial charge in [0.05, 0.1) is 5.56 Å². The van der Waals surface area contributed by atoms with Gasteiger partial charge in [0.2, 0.25) is 0 Å². The molecule has 1 atom stereocenters. The van der Waals surface area contributed by atoms with Crippen LogP contribution in [0.1, 0.15) is 56.1 Å². The first kappa shape index (κ1) is 15.6. The number of aromatic nitrogens is 1. The van der Waals surface area contributed by atoms with Crippen LogP contribution in [0.5, 0.6) is 0 Å². The van der Waals surface area contributed by atoms with Crippen molar-refractivity contribution < 1.29 is 9.90 Å². The molecule has 0 aliphatic rings. The third kappa shape index (κ3) is 4.63. The van der Waals surface area contributed by atoms with Crippen LogP contribution >= 0.6 is 0 Å². The molecule has 0 bridgehead atoms. The van der Waals surface area contributed by atoms with E-state index in [1.165, 1.54) is 0 Å². The Labute approximate surface area is 115 Å². The Kier molecular flexibility index (Phi) is 5.96. The molecule has 0 aliphatic carbocycles. The van der Waals surface area contributed by atoms with Gasteiger partial charge in [0.15, 0.2) is 0 Å². The number of hydrogen-bond donors (Lipinski definition) is 2. The molecule has 1 aromatic rings. The number of amides is 1. The van der Waals surface area contributed by atoms with Crippen LogP contribution in [-0.4, -0.2) is 28.6 Å². The molecule has 106 valence electrons. The lowest BCUT2D eigenvalue weighted by molar-refractivity contribution is 0.0916. The van der Waals surface area contributed by atoms with E-state index in [0.717, 1.165) is 5.69 Å². The van der Waals surface area contributed by atoms with Crippen molar-refractivity contribution in [2.45, 2.75) is 46.1 Å². The van der Waals surface area contributed by atoms with Gasteiger partial charge in [0.25, 0.3) is 5.91 Å². The second-order valence-electron chi connectivity index (χ2n) is 5.46. The van der Waals surface area contributed by atoms with Crippen molar-refractivity contribution in [3.05, 3.63) is 29.6 Å². The zero-order chi connectivity index (χ0) is 14.4.